The third kappa shape index (κ3) is 2.96. The highest BCUT2D eigenvalue weighted by Crippen LogP contribution is 2.32. The van der Waals surface area contributed by atoms with E-state index in [1.165, 1.54) is 6.20 Å². The molecule has 2 N–H and O–H groups in total. The van der Waals surface area contributed by atoms with Crippen LogP contribution in [0, 0.1) is 10.1 Å². The van der Waals surface area contributed by atoms with E-state index in [-0.39, 0.29) is 24.2 Å². The molecule has 8 nitrogen and oxygen atoms in total. The molecule has 1 aliphatic carbocycles. The number of hydrogen-bond acceptors (Lipinski definition) is 7. The molecule has 0 atom stereocenters. The van der Waals surface area contributed by atoms with Crippen molar-refractivity contribution in [1.82, 2.24) is 9.97 Å². The second-order valence-electron chi connectivity index (χ2n) is 4.76. The van der Waals surface area contributed by atoms with E-state index in [4.69, 9.17) is 0 Å². The molecule has 1 aliphatic rings. The fraction of sp³-hybridized carbons (Fsp3) is 0.667. The van der Waals surface area contributed by atoms with Gasteiger partial charge in [0.1, 0.15) is 6.20 Å². The first kappa shape index (κ1) is 14.4. The fourth-order valence-corrected chi connectivity index (χ4v) is 2.61. The van der Waals surface area contributed by atoms with Gasteiger partial charge in [-0.05, 0) is 12.8 Å². The topological polar surface area (TPSA) is 104 Å². The highest BCUT2D eigenvalue weighted by Gasteiger charge is 2.29. The van der Waals surface area contributed by atoms with Crippen molar-refractivity contribution in [2.75, 3.05) is 30.4 Å². The Morgan fingerprint density at radius 1 is 1.55 bits per heavy atom. The summed E-state index contributed by atoms with van der Waals surface area (Å²) in [6, 6.07) is 0.195. The first-order valence-corrected chi connectivity index (χ1v) is 6.74. The van der Waals surface area contributed by atoms with Gasteiger partial charge < -0.3 is 15.3 Å². The predicted octanol–water partition coefficient (Wildman–Crippen LogP) is 1.17. The average Bonchev–Trinajstić information content (AvgIpc) is 2.97. The smallest absolute Gasteiger partial charge is 0.329 e. The average molecular weight is 281 g/mol. The molecule has 0 amide bonds. The summed E-state index contributed by atoms with van der Waals surface area (Å²) in [5.41, 5.74) is -0.121. The molecule has 0 aliphatic heterocycles. The summed E-state index contributed by atoms with van der Waals surface area (Å²) in [4.78, 5) is 20.6. The molecule has 8 heteroatoms. The van der Waals surface area contributed by atoms with E-state index in [0.29, 0.717) is 12.5 Å². The number of aliphatic hydroxyl groups excluding tert-OH is 1. The number of anilines is 2. The predicted molar refractivity (Wildman–Crippen MR) is 74.9 cm³/mol. The summed E-state index contributed by atoms with van der Waals surface area (Å²) >= 11 is 0. The summed E-state index contributed by atoms with van der Waals surface area (Å²) in [5.74, 6) is 0.627. The lowest BCUT2D eigenvalue weighted by molar-refractivity contribution is -0.384. The van der Waals surface area contributed by atoms with Gasteiger partial charge >= 0.3 is 5.69 Å². The van der Waals surface area contributed by atoms with E-state index in [1.807, 2.05) is 4.90 Å². The lowest BCUT2D eigenvalue weighted by Gasteiger charge is -2.29. The van der Waals surface area contributed by atoms with Crippen molar-refractivity contribution in [2.24, 2.45) is 0 Å². The zero-order chi connectivity index (χ0) is 14.5. The molecular formula is C12H19N5O3. The maximum Gasteiger partial charge on any atom is 0.329 e. The molecule has 1 saturated carbocycles. The van der Waals surface area contributed by atoms with E-state index >= 15 is 0 Å². The molecular weight excluding hydrogens is 262 g/mol. The van der Waals surface area contributed by atoms with Crippen molar-refractivity contribution in [1.29, 1.82) is 0 Å². The first-order valence-electron chi connectivity index (χ1n) is 6.74. The molecule has 0 radical (unpaired) electrons. The highest BCUT2D eigenvalue weighted by atomic mass is 16.6. The minimum absolute atomic E-state index is 0.0630. The van der Waals surface area contributed by atoms with E-state index in [0.717, 1.165) is 25.7 Å². The third-order valence-electron chi connectivity index (χ3n) is 3.55. The summed E-state index contributed by atoms with van der Waals surface area (Å²) in [7, 11) is 1.66. The van der Waals surface area contributed by atoms with Gasteiger partial charge in [-0.25, -0.2) is 4.98 Å². The van der Waals surface area contributed by atoms with Crippen LogP contribution in [0.15, 0.2) is 6.20 Å². The van der Waals surface area contributed by atoms with Gasteiger partial charge in [0.2, 0.25) is 11.8 Å². The number of hydrogen-bond donors (Lipinski definition) is 2. The van der Waals surface area contributed by atoms with Crippen LogP contribution in [-0.2, 0) is 0 Å². The monoisotopic (exact) mass is 281 g/mol. The van der Waals surface area contributed by atoms with Crippen LogP contribution in [0.1, 0.15) is 25.7 Å². The maximum absolute atomic E-state index is 11.2. The molecule has 2 rings (SSSR count). The lowest BCUT2D eigenvalue weighted by atomic mass is 10.2. The maximum atomic E-state index is 11.2. The Labute approximate surface area is 117 Å². The van der Waals surface area contributed by atoms with Crippen LogP contribution in [0.3, 0.4) is 0 Å². The van der Waals surface area contributed by atoms with Crippen molar-refractivity contribution in [3.63, 3.8) is 0 Å². The minimum atomic E-state index is -0.478. The molecule has 1 heterocycles. The minimum Gasteiger partial charge on any atom is -0.395 e. The summed E-state index contributed by atoms with van der Waals surface area (Å²) in [5, 5.41) is 23.2. The molecule has 0 saturated heterocycles. The van der Waals surface area contributed by atoms with Gasteiger partial charge in [-0.1, -0.05) is 12.8 Å². The van der Waals surface area contributed by atoms with Crippen LogP contribution < -0.4 is 10.2 Å². The van der Waals surface area contributed by atoms with Crippen molar-refractivity contribution in [2.45, 2.75) is 31.7 Å². The van der Waals surface area contributed by atoms with Crippen LogP contribution in [0.4, 0.5) is 17.5 Å². The summed E-state index contributed by atoms with van der Waals surface area (Å²) in [6.07, 6.45) is 5.36. The molecule has 0 bridgehead atoms. The Hall–Kier alpha value is -1.96. The Balaban J connectivity index is 2.41. The molecule has 0 unspecified atom stereocenters. The van der Waals surface area contributed by atoms with Gasteiger partial charge in [0.15, 0.2) is 0 Å². The number of rotatable bonds is 6. The second kappa shape index (κ2) is 6.47. The number of nitrogens with one attached hydrogen (secondary N) is 1. The standard InChI is InChI=1S/C12H19N5O3/c1-13-12-14-8-10(17(19)20)11(15-12)16(6-7-18)9-4-2-3-5-9/h8-9,18H,2-7H2,1H3,(H,13,14,15). The van der Waals surface area contributed by atoms with E-state index < -0.39 is 4.92 Å². The van der Waals surface area contributed by atoms with Gasteiger partial charge in [0.25, 0.3) is 0 Å². The van der Waals surface area contributed by atoms with Gasteiger partial charge in [0.05, 0.1) is 11.5 Å². The van der Waals surface area contributed by atoms with E-state index in [9.17, 15) is 15.2 Å². The van der Waals surface area contributed by atoms with Crippen LogP contribution in [0.2, 0.25) is 0 Å². The quantitative estimate of drug-likeness (QED) is 0.595. The van der Waals surface area contributed by atoms with E-state index in [2.05, 4.69) is 15.3 Å². The zero-order valence-electron chi connectivity index (χ0n) is 11.4. The fourth-order valence-electron chi connectivity index (χ4n) is 2.61. The van der Waals surface area contributed by atoms with Crippen molar-refractivity contribution in [3.05, 3.63) is 16.3 Å². The molecule has 1 aromatic rings. The summed E-state index contributed by atoms with van der Waals surface area (Å²) in [6.45, 7) is 0.276. The van der Waals surface area contributed by atoms with Gasteiger partial charge in [-0.2, -0.15) is 4.98 Å². The van der Waals surface area contributed by atoms with Crippen LogP contribution >= 0.6 is 0 Å². The molecule has 20 heavy (non-hydrogen) atoms. The molecule has 0 spiro atoms. The lowest BCUT2D eigenvalue weighted by Crippen LogP contribution is -2.37. The van der Waals surface area contributed by atoms with Crippen molar-refractivity contribution < 1.29 is 10.0 Å². The van der Waals surface area contributed by atoms with Gasteiger partial charge in [-0.3, -0.25) is 10.1 Å². The van der Waals surface area contributed by atoms with Crippen molar-refractivity contribution >= 4 is 17.5 Å². The number of nitrogens with zero attached hydrogens (tertiary/aromatic N) is 4. The molecule has 1 fully saturated rings. The largest absolute Gasteiger partial charge is 0.395 e. The second-order valence-corrected chi connectivity index (χ2v) is 4.76. The van der Waals surface area contributed by atoms with Gasteiger partial charge in [0, 0.05) is 19.6 Å². The SMILES string of the molecule is CNc1ncc([N+](=O)[O-])c(N(CCO)C2CCCC2)n1. The normalized spacial score (nSPS) is 15.3. The molecule has 110 valence electrons. The van der Waals surface area contributed by atoms with Gasteiger partial charge in [-0.15, -0.1) is 0 Å². The third-order valence-corrected chi connectivity index (χ3v) is 3.55. The van der Waals surface area contributed by atoms with Crippen LogP contribution in [0.25, 0.3) is 0 Å². The Bertz CT molecular complexity index is 476. The number of aromatic nitrogens is 2. The van der Waals surface area contributed by atoms with Crippen LogP contribution in [-0.4, -0.2) is 46.2 Å². The Morgan fingerprint density at radius 2 is 2.25 bits per heavy atom. The summed E-state index contributed by atoms with van der Waals surface area (Å²) < 4.78 is 0. The number of aliphatic hydroxyl groups is 1. The Kier molecular flexibility index (Phi) is 4.67. The molecule has 1 aromatic heterocycles. The highest BCUT2D eigenvalue weighted by molar-refractivity contribution is 5.59. The number of nitro groups is 1. The molecule has 0 aromatic carbocycles. The van der Waals surface area contributed by atoms with E-state index in [1.54, 1.807) is 7.05 Å². The van der Waals surface area contributed by atoms with Crippen LogP contribution in [0.5, 0.6) is 0 Å². The first-order chi connectivity index (χ1) is 9.67. The Morgan fingerprint density at radius 3 is 2.80 bits per heavy atom. The van der Waals surface area contributed by atoms with Crippen molar-refractivity contribution in [3.8, 4) is 0 Å². The zero-order valence-corrected chi connectivity index (χ0v) is 11.4.